The third-order valence-electron chi connectivity index (χ3n) is 3.27. The SMILES string of the molecule is CCOC(=O)/C(=C\c1ccc(OC)c(C=O)c1)c1ccccc1. The molecule has 0 saturated carbocycles. The zero-order chi connectivity index (χ0) is 16.7. The normalized spacial score (nSPS) is 11.0. The van der Waals surface area contributed by atoms with E-state index in [-0.39, 0.29) is 0 Å². The highest BCUT2D eigenvalue weighted by Gasteiger charge is 2.13. The summed E-state index contributed by atoms with van der Waals surface area (Å²) in [6.07, 6.45) is 2.43. The van der Waals surface area contributed by atoms with Gasteiger partial charge in [-0.15, -0.1) is 0 Å². The minimum absolute atomic E-state index is 0.297. The van der Waals surface area contributed by atoms with Gasteiger partial charge in [-0.05, 0) is 36.3 Å². The molecular weight excluding hydrogens is 292 g/mol. The Hall–Kier alpha value is -2.88. The van der Waals surface area contributed by atoms with Crippen LogP contribution in [0.3, 0.4) is 0 Å². The Kier molecular flexibility index (Phi) is 5.69. The van der Waals surface area contributed by atoms with Crippen LogP contribution in [0.1, 0.15) is 28.4 Å². The first-order chi connectivity index (χ1) is 11.2. The van der Waals surface area contributed by atoms with Gasteiger partial charge in [-0.1, -0.05) is 36.4 Å². The van der Waals surface area contributed by atoms with E-state index in [9.17, 15) is 9.59 Å². The molecule has 0 aliphatic rings. The minimum Gasteiger partial charge on any atom is -0.496 e. The molecule has 0 aliphatic carbocycles. The molecule has 0 unspecified atom stereocenters. The second kappa shape index (κ2) is 7.94. The van der Waals surface area contributed by atoms with Gasteiger partial charge in [0.15, 0.2) is 6.29 Å². The number of ether oxygens (including phenoxy) is 2. The molecule has 2 aromatic carbocycles. The largest absolute Gasteiger partial charge is 0.496 e. The minimum atomic E-state index is -0.401. The molecule has 4 nitrogen and oxygen atoms in total. The molecule has 0 amide bonds. The fourth-order valence-electron chi connectivity index (χ4n) is 2.19. The van der Waals surface area contributed by atoms with Gasteiger partial charge in [0, 0.05) is 0 Å². The molecular formula is C19H18O4. The van der Waals surface area contributed by atoms with Crippen molar-refractivity contribution in [3.05, 3.63) is 65.2 Å². The summed E-state index contributed by atoms with van der Waals surface area (Å²) in [5.41, 5.74) is 2.35. The summed E-state index contributed by atoms with van der Waals surface area (Å²) in [6.45, 7) is 2.06. The number of aldehydes is 1. The molecule has 0 N–H and O–H groups in total. The molecule has 0 aromatic heterocycles. The monoisotopic (exact) mass is 310 g/mol. The van der Waals surface area contributed by atoms with Crippen LogP contribution in [0.25, 0.3) is 11.6 Å². The van der Waals surface area contributed by atoms with Gasteiger partial charge in [-0.25, -0.2) is 4.79 Å². The van der Waals surface area contributed by atoms with Crippen molar-refractivity contribution in [3.8, 4) is 5.75 Å². The Labute approximate surface area is 135 Å². The van der Waals surface area contributed by atoms with Gasteiger partial charge in [-0.2, -0.15) is 0 Å². The van der Waals surface area contributed by atoms with Crippen molar-refractivity contribution in [2.24, 2.45) is 0 Å². The predicted molar refractivity (Wildman–Crippen MR) is 89.3 cm³/mol. The van der Waals surface area contributed by atoms with Crippen molar-refractivity contribution in [3.63, 3.8) is 0 Å². The van der Waals surface area contributed by atoms with E-state index in [2.05, 4.69) is 0 Å². The lowest BCUT2D eigenvalue weighted by Crippen LogP contribution is -2.06. The lowest BCUT2D eigenvalue weighted by molar-refractivity contribution is -0.136. The second-order valence-corrected chi connectivity index (χ2v) is 4.76. The van der Waals surface area contributed by atoms with E-state index in [4.69, 9.17) is 9.47 Å². The van der Waals surface area contributed by atoms with Gasteiger partial charge in [0.1, 0.15) is 5.75 Å². The quantitative estimate of drug-likeness (QED) is 0.354. The van der Waals surface area contributed by atoms with Crippen LogP contribution >= 0.6 is 0 Å². The number of hydrogen-bond acceptors (Lipinski definition) is 4. The molecule has 0 atom stereocenters. The van der Waals surface area contributed by atoms with Gasteiger partial charge < -0.3 is 9.47 Å². The van der Waals surface area contributed by atoms with Gasteiger partial charge >= 0.3 is 5.97 Å². The van der Waals surface area contributed by atoms with Gasteiger partial charge in [0.25, 0.3) is 0 Å². The molecule has 2 aromatic rings. The third kappa shape index (κ3) is 4.07. The summed E-state index contributed by atoms with van der Waals surface area (Å²) < 4.78 is 10.3. The fraction of sp³-hybridized carbons (Fsp3) is 0.158. The summed E-state index contributed by atoms with van der Waals surface area (Å²) >= 11 is 0. The van der Waals surface area contributed by atoms with E-state index >= 15 is 0 Å². The van der Waals surface area contributed by atoms with E-state index in [1.807, 2.05) is 30.3 Å². The number of esters is 1. The fourth-order valence-corrected chi connectivity index (χ4v) is 2.19. The maximum Gasteiger partial charge on any atom is 0.338 e. The summed E-state index contributed by atoms with van der Waals surface area (Å²) in [4.78, 5) is 23.4. The number of benzene rings is 2. The van der Waals surface area contributed by atoms with Crippen molar-refractivity contribution >= 4 is 23.9 Å². The third-order valence-corrected chi connectivity index (χ3v) is 3.27. The van der Waals surface area contributed by atoms with Crippen molar-refractivity contribution in [2.75, 3.05) is 13.7 Å². The van der Waals surface area contributed by atoms with Crippen LogP contribution < -0.4 is 4.74 Å². The van der Waals surface area contributed by atoms with Gasteiger partial charge in [0.2, 0.25) is 0 Å². The summed E-state index contributed by atoms with van der Waals surface area (Å²) in [5.74, 6) is 0.0942. The molecule has 23 heavy (non-hydrogen) atoms. The predicted octanol–water partition coefficient (Wildman–Crippen LogP) is 3.61. The van der Waals surface area contributed by atoms with Crippen LogP contribution in [0.4, 0.5) is 0 Å². The number of methoxy groups -OCH3 is 1. The van der Waals surface area contributed by atoms with E-state index < -0.39 is 5.97 Å². The molecule has 0 radical (unpaired) electrons. The number of carbonyl (C=O) groups is 2. The maximum absolute atomic E-state index is 12.2. The molecule has 0 saturated heterocycles. The maximum atomic E-state index is 12.2. The summed E-state index contributed by atoms with van der Waals surface area (Å²) in [5, 5.41) is 0. The first kappa shape index (κ1) is 16.5. The number of hydrogen-bond donors (Lipinski definition) is 0. The van der Waals surface area contributed by atoms with Crippen LogP contribution in [-0.2, 0) is 9.53 Å². The van der Waals surface area contributed by atoms with Crippen molar-refractivity contribution in [2.45, 2.75) is 6.92 Å². The van der Waals surface area contributed by atoms with Crippen molar-refractivity contribution < 1.29 is 19.1 Å². The van der Waals surface area contributed by atoms with E-state index in [0.29, 0.717) is 23.5 Å². The van der Waals surface area contributed by atoms with Crippen LogP contribution in [0.2, 0.25) is 0 Å². The Bertz CT molecular complexity index is 717. The molecule has 0 heterocycles. The lowest BCUT2D eigenvalue weighted by atomic mass is 10.0. The van der Waals surface area contributed by atoms with Gasteiger partial charge in [-0.3, -0.25) is 4.79 Å². The Balaban J connectivity index is 2.48. The average Bonchev–Trinajstić information content (AvgIpc) is 2.60. The molecule has 0 aliphatic heterocycles. The molecule has 0 spiro atoms. The summed E-state index contributed by atoms with van der Waals surface area (Å²) in [6, 6.07) is 14.4. The molecule has 0 fully saturated rings. The molecule has 4 heteroatoms. The highest BCUT2D eigenvalue weighted by Crippen LogP contribution is 2.23. The van der Waals surface area contributed by atoms with Crippen LogP contribution in [0, 0.1) is 0 Å². The first-order valence-electron chi connectivity index (χ1n) is 7.27. The smallest absolute Gasteiger partial charge is 0.338 e. The zero-order valence-electron chi connectivity index (χ0n) is 13.1. The van der Waals surface area contributed by atoms with Crippen LogP contribution in [-0.4, -0.2) is 26.0 Å². The van der Waals surface area contributed by atoms with Crippen molar-refractivity contribution in [1.29, 1.82) is 0 Å². The lowest BCUT2D eigenvalue weighted by Gasteiger charge is -2.09. The van der Waals surface area contributed by atoms with E-state index in [1.54, 1.807) is 31.2 Å². The Morgan fingerprint density at radius 3 is 2.48 bits per heavy atom. The van der Waals surface area contributed by atoms with Crippen molar-refractivity contribution in [1.82, 2.24) is 0 Å². The van der Waals surface area contributed by atoms with Gasteiger partial charge in [0.05, 0.1) is 24.9 Å². The van der Waals surface area contributed by atoms with E-state index in [0.717, 1.165) is 17.4 Å². The second-order valence-electron chi connectivity index (χ2n) is 4.76. The summed E-state index contributed by atoms with van der Waals surface area (Å²) in [7, 11) is 1.51. The van der Waals surface area contributed by atoms with E-state index in [1.165, 1.54) is 7.11 Å². The highest BCUT2D eigenvalue weighted by molar-refractivity contribution is 6.21. The zero-order valence-corrected chi connectivity index (χ0v) is 13.1. The molecule has 118 valence electrons. The standard InChI is InChI=1S/C19H18O4/c1-3-23-19(21)17(15-7-5-4-6-8-15)12-14-9-10-18(22-2)16(11-14)13-20/h4-13H,3H2,1-2H3/b17-12-. The highest BCUT2D eigenvalue weighted by atomic mass is 16.5. The molecule has 2 rings (SSSR count). The molecule has 0 bridgehead atoms. The Morgan fingerprint density at radius 1 is 1.13 bits per heavy atom. The number of rotatable bonds is 6. The first-order valence-corrected chi connectivity index (χ1v) is 7.27. The van der Waals surface area contributed by atoms with Crippen LogP contribution in [0.5, 0.6) is 5.75 Å². The number of carbonyl (C=O) groups excluding carboxylic acids is 2. The average molecular weight is 310 g/mol. The Morgan fingerprint density at radius 2 is 1.87 bits per heavy atom. The topological polar surface area (TPSA) is 52.6 Å². The van der Waals surface area contributed by atoms with Crippen LogP contribution in [0.15, 0.2) is 48.5 Å².